The monoisotopic (exact) mass is 205 g/mol. The first-order chi connectivity index (χ1) is 6.05. The molecule has 0 atom stereocenters. The van der Waals surface area contributed by atoms with Crippen LogP contribution < -0.4 is 5.46 Å². The molecule has 0 bridgehead atoms. The molecule has 5 heteroatoms. The zero-order valence-electron chi connectivity index (χ0n) is 7.14. The highest BCUT2D eigenvalue weighted by molar-refractivity contribution is 7.99. The largest absolute Gasteiger partial charge is 0.510 e. The van der Waals surface area contributed by atoms with E-state index in [0.29, 0.717) is 10.6 Å². The van der Waals surface area contributed by atoms with E-state index in [4.69, 9.17) is 0 Å². The van der Waals surface area contributed by atoms with Crippen LogP contribution in [0.2, 0.25) is 0 Å². The molecule has 0 aliphatic carbocycles. The molecule has 0 aliphatic heterocycles. The quantitative estimate of drug-likeness (QED) is 0.540. The summed E-state index contributed by atoms with van der Waals surface area (Å²) < 4.78 is 37.3. The van der Waals surface area contributed by atoms with Gasteiger partial charge in [-0.3, -0.25) is 0 Å². The van der Waals surface area contributed by atoms with Crippen LogP contribution in [0.25, 0.3) is 0 Å². The van der Waals surface area contributed by atoms with Gasteiger partial charge in [0.25, 0.3) is 0 Å². The second-order valence-electron chi connectivity index (χ2n) is 2.55. The molecular weight excluding hydrogens is 196 g/mol. The average Bonchev–Trinajstić information content (AvgIpc) is 2.04. The van der Waals surface area contributed by atoms with E-state index in [-0.39, 0.29) is 0 Å². The van der Waals surface area contributed by atoms with Gasteiger partial charge in [-0.2, -0.15) is 0 Å². The topological polar surface area (TPSA) is 0 Å². The summed E-state index contributed by atoms with van der Waals surface area (Å²) in [7, 11) is 0. The number of benzene rings is 1. The molecule has 0 aliphatic rings. The maximum atomic E-state index is 12.4. The number of hydrogen-bond donors (Lipinski definition) is 0. The van der Waals surface area contributed by atoms with Gasteiger partial charge in [0.15, 0.2) is 0 Å². The smallest absolute Gasteiger partial charge is 0.445 e. The molecule has 0 saturated carbocycles. The van der Waals surface area contributed by atoms with Crippen LogP contribution in [0.15, 0.2) is 29.2 Å². The van der Waals surface area contributed by atoms with E-state index in [0.717, 1.165) is 6.07 Å². The molecule has 0 saturated heterocycles. The number of hydrogen-bond acceptors (Lipinski definition) is 1. The Morgan fingerprint density at radius 1 is 1.23 bits per heavy atom. The SMILES string of the molecule is CCSc1ccccc1[B-](F)(F)F. The van der Waals surface area contributed by atoms with Crippen molar-refractivity contribution in [3.05, 3.63) is 24.3 Å². The Morgan fingerprint density at radius 3 is 2.38 bits per heavy atom. The molecule has 0 N–H and O–H groups in total. The first-order valence-electron chi connectivity index (χ1n) is 3.97. The maximum Gasteiger partial charge on any atom is 0.510 e. The van der Waals surface area contributed by atoms with Crippen molar-refractivity contribution in [1.29, 1.82) is 0 Å². The van der Waals surface area contributed by atoms with Gasteiger partial charge in [-0.1, -0.05) is 36.7 Å². The van der Waals surface area contributed by atoms with Crippen molar-refractivity contribution in [2.45, 2.75) is 11.8 Å². The third-order valence-electron chi connectivity index (χ3n) is 1.57. The summed E-state index contributed by atoms with van der Waals surface area (Å²) in [5.41, 5.74) is -0.477. The van der Waals surface area contributed by atoms with Crippen LogP contribution in [0.4, 0.5) is 12.9 Å². The van der Waals surface area contributed by atoms with Crippen molar-refractivity contribution in [1.82, 2.24) is 0 Å². The molecule has 72 valence electrons. The van der Waals surface area contributed by atoms with Crippen LogP contribution in [0.5, 0.6) is 0 Å². The lowest BCUT2D eigenvalue weighted by molar-refractivity contribution is 0.499. The fourth-order valence-electron chi connectivity index (χ4n) is 1.04. The highest BCUT2D eigenvalue weighted by Gasteiger charge is 2.27. The van der Waals surface area contributed by atoms with Crippen molar-refractivity contribution in [2.75, 3.05) is 5.75 Å². The van der Waals surface area contributed by atoms with Crippen LogP contribution in [0, 0.1) is 0 Å². The molecule has 0 radical (unpaired) electrons. The molecule has 0 nitrogen and oxygen atoms in total. The predicted octanol–water partition coefficient (Wildman–Crippen LogP) is 2.85. The zero-order valence-corrected chi connectivity index (χ0v) is 7.95. The second kappa shape index (κ2) is 4.09. The highest BCUT2D eigenvalue weighted by Crippen LogP contribution is 2.20. The molecule has 0 heterocycles. The van der Waals surface area contributed by atoms with Gasteiger partial charge in [0, 0.05) is 0 Å². The van der Waals surface area contributed by atoms with Gasteiger partial charge >= 0.3 is 6.98 Å². The van der Waals surface area contributed by atoms with Crippen LogP contribution in [0.1, 0.15) is 6.92 Å². The lowest BCUT2D eigenvalue weighted by Crippen LogP contribution is -2.35. The van der Waals surface area contributed by atoms with E-state index >= 15 is 0 Å². The fourth-order valence-corrected chi connectivity index (χ4v) is 1.89. The Bertz CT molecular complexity index is 285. The van der Waals surface area contributed by atoms with Crippen LogP contribution in [-0.2, 0) is 0 Å². The number of halogens is 3. The lowest BCUT2D eigenvalue weighted by atomic mass is 9.80. The third-order valence-corrected chi connectivity index (χ3v) is 2.54. The van der Waals surface area contributed by atoms with Crippen molar-refractivity contribution in [2.24, 2.45) is 0 Å². The van der Waals surface area contributed by atoms with Gasteiger partial charge in [0.1, 0.15) is 0 Å². The summed E-state index contributed by atoms with van der Waals surface area (Å²) in [4.78, 5) is 0.331. The van der Waals surface area contributed by atoms with Crippen molar-refractivity contribution in [3.63, 3.8) is 0 Å². The maximum absolute atomic E-state index is 12.4. The van der Waals surface area contributed by atoms with E-state index in [2.05, 4.69) is 0 Å². The van der Waals surface area contributed by atoms with E-state index in [1.807, 2.05) is 6.92 Å². The molecule has 1 rings (SSSR count). The lowest BCUT2D eigenvalue weighted by Gasteiger charge is -2.18. The predicted molar refractivity (Wildman–Crippen MR) is 51.6 cm³/mol. The molecule has 0 amide bonds. The first kappa shape index (κ1) is 10.5. The Labute approximate surface area is 79.6 Å². The van der Waals surface area contributed by atoms with Crippen LogP contribution in [-0.4, -0.2) is 12.7 Å². The summed E-state index contributed by atoms with van der Waals surface area (Å²) in [6.07, 6.45) is 0. The molecule has 0 fully saturated rings. The standard InChI is InChI=1S/C8H9BF3S/c1-2-13-8-6-4-3-5-7(8)9(10,11)12/h3-6H,2H2,1H3/q-1. The van der Waals surface area contributed by atoms with E-state index in [1.165, 1.54) is 23.9 Å². The van der Waals surface area contributed by atoms with Crippen LogP contribution >= 0.6 is 11.8 Å². The van der Waals surface area contributed by atoms with Crippen molar-refractivity contribution < 1.29 is 12.9 Å². The summed E-state index contributed by atoms with van der Waals surface area (Å²) >= 11 is 1.22. The highest BCUT2D eigenvalue weighted by atomic mass is 32.2. The molecule has 0 aromatic heterocycles. The normalized spacial score (nSPS) is 11.7. The van der Waals surface area contributed by atoms with E-state index in [9.17, 15) is 12.9 Å². The average molecular weight is 205 g/mol. The minimum atomic E-state index is -4.87. The molecule has 13 heavy (non-hydrogen) atoms. The van der Waals surface area contributed by atoms with Crippen molar-refractivity contribution >= 4 is 24.2 Å². The van der Waals surface area contributed by atoms with Gasteiger partial charge in [-0.15, -0.1) is 11.8 Å². The van der Waals surface area contributed by atoms with E-state index in [1.54, 1.807) is 6.07 Å². The zero-order chi connectivity index (χ0) is 9.90. The summed E-state index contributed by atoms with van der Waals surface area (Å²) in [6.45, 7) is -3.03. The van der Waals surface area contributed by atoms with E-state index < -0.39 is 12.4 Å². The Kier molecular flexibility index (Phi) is 3.30. The first-order valence-corrected chi connectivity index (χ1v) is 4.96. The van der Waals surface area contributed by atoms with Crippen molar-refractivity contribution in [3.8, 4) is 0 Å². The van der Waals surface area contributed by atoms with Gasteiger partial charge in [0.2, 0.25) is 0 Å². The summed E-state index contributed by atoms with van der Waals surface area (Å²) in [5, 5.41) is 0. The second-order valence-corrected chi connectivity index (χ2v) is 3.85. The molecule has 1 aromatic rings. The van der Waals surface area contributed by atoms with Crippen LogP contribution in [0.3, 0.4) is 0 Å². The van der Waals surface area contributed by atoms with Gasteiger partial charge < -0.3 is 12.9 Å². The Hall–Kier alpha value is -0.575. The minimum absolute atomic E-state index is 0.331. The minimum Gasteiger partial charge on any atom is -0.445 e. The Morgan fingerprint density at radius 2 is 1.85 bits per heavy atom. The summed E-state index contributed by atoms with van der Waals surface area (Å²) in [6, 6.07) is 5.70. The van der Waals surface area contributed by atoms with Gasteiger partial charge in [-0.25, -0.2) is 0 Å². The number of rotatable bonds is 3. The molecule has 0 spiro atoms. The van der Waals surface area contributed by atoms with Gasteiger partial charge in [-0.05, 0) is 10.6 Å². The van der Waals surface area contributed by atoms with Gasteiger partial charge in [0.05, 0.1) is 0 Å². The molecular formula is C8H9BF3S-. The molecule has 1 aromatic carbocycles. The number of thioether (sulfide) groups is 1. The summed E-state index contributed by atoms with van der Waals surface area (Å²) in [5.74, 6) is 0.656. The molecule has 0 unspecified atom stereocenters. The Balaban J connectivity index is 3.05. The third kappa shape index (κ3) is 2.69. The fraction of sp³-hybridized carbons (Fsp3) is 0.250.